The number of carbonyl (C=O) groups excluding carboxylic acids is 2. The lowest BCUT2D eigenvalue weighted by molar-refractivity contribution is -0.121. The van der Waals surface area contributed by atoms with Crippen molar-refractivity contribution in [2.75, 3.05) is 25.2 Å². The Morgan fingerprint density at radius 1 is 1.23 bits per heavy atom. The van der Waals surface area contributed by atoms with Gasteiger partial charge in [-0.1, -0.05) is 18.2 Å². The lowest BCUT2D eigenvalue weighted by atomic mass is 10.1. The molecule has 9 heteroatoms. The molecule has 2 aromatic rings. The monoisotopic (exact) mass is 537 g/mol. The molecule has 1 aliphatic heterocycles. The molecule has 0 unspecified atom stereocenters. The molecule has 0 spiro atoms. The minimum absolute atomic E-state index is 0.203. The van der Waals surface area contributed by atoms with Crippen LogP contribution in [0.15, 0.2) is 48.2 Å². The first-order chi connectivity index (χ1) is 14.3. The average Bonchev–Trinajstić information content (AvgIpc) is 2.92. The molecule has 1 fully saturated rings. The fourth-order valence-electron chi connectivity index (χ4n) is 2.94. The van der Waals surface area contributed by atoms with Crippen LogP contribution in [-0.2, 0) is 9.59 Å². The van der Waals surface area contributed by atoms with E-state index in [9.17, 15) is 9.59 Å². The van der Waals surface area contributed by atoms with Crippen LogP contribution in [0, 0.1) is 3.57 Å². The van der Waals surface area contributed by atoms with Crippen molar-refractivity contribution in [3.05, 3.63) is 57.3 Å². The van der Waals surface area contributed by atoms with E-state index >= 15 is 0 Å². The largest absolute Gasteiger partial charge is 0.490 e. The van der Waals surface area contributed by atoms with Gasteiger partial charge in [0.2, 0.25) is 0 Å². The number of halogens is 1. The maximum Gasteiger partial charge on any atom is 0.276 e. The van der Waals surface area contributed by atoms with E-state index in [4.69, 9.17) is 27.4 Å². The Hall–Kier alpha value is -2.66. The van der Waals surface area contributed by atoms with Crippen LogP contribution in [0.5, 0.6) is 11.5 Å². The molecule has 0 radical (unpaired) electrons. The number of rotatable bonds is 7. The van der Waals surface area contributed by atoms with Gasteiger partial charge < -0.3 is 15.2 Å². The summed E-state index contributed by atoms with van der Waals surface area (Å²) in [6.07, 6.45) is 1.76. The van der Waals surface area contributed by atoms with Crippen molar-refractivity contribution in [1.29, 1.82) is 0 Å². The molecule has 3 rings (SSSR count). The number of carbonyl (C=O) groups is 2. The van der Waals surface area contributed by atoms with E-state index in [1.54, 1.807) is 24.1 Å². The van der Waals surface area contributed by atoms with E-state index in [0.717, 1.165) is 14.8 Å². The summed E-state index contributed by atoms with van der Waals surface area (Å²) in [6, 6.07) is 13.1. The lowest BCUT2D eigenvalue weighted by Crippen LogP contribution is -2.29. The zero-order valence-corrected chi connectivity index (χ0v) is 19.4. The second kappa shape index (κ2) is 9.43. The molecule has 0 aromatic heterocycles. The van der Waals surface area contributed by atoms with Crippen molar-refractivity contribution in [1.82, 2.24) is 4.90 Å². The summed E-state index contributed by atoms with van der Waals surface area (Å²) in [6.45, 7) is 2.00. The van der Waals surface area contributed by atoms with Crippen LogP contribution in [0.25, 0.3) is 6.08 Å². The zero-order chi connectivity index (χ0) is 21.8. The first-order valence-corrected chi connectivity index (χ1v) is 10.6. The third-order valence-corrected chi connectivity index (χ3v) is 5.51. The van der Waals surface area contributed by atoms with E-state index in [1.165, 1.54) is 4.90 Å². The molecular formula is C21H20IN3O4S. The van der Waals surface area contributed by atoms with E-state index in [1.807, 2.05) is 43.3 Å². The van der Waals surface area contributed by atoms with Gasteiger partial charge in [0.15, 0.2) is 23.2 Å². The first-order valence-electron chi connectivity index (χ1n) is 9.09. The molecule has 0 aliphatic carbocycles. The number of thiocarbonyl (C=S) groups is 1. The first kappa shape index (κ1) is 22.0. The van der Waals surface area contributed by atoms with Crippen molar-refractivity contribution < 1.29 is 19.1 Å². The number of para-hydroxylation sites is 1. The van der Waals surface area contributed by atoms with Crippen molar-refractivity contribution in [2.45, 2.75) is 6.92 Å². The Morgan fingerprint density at radius 3 is 2.57 bits per heavy atom. The summed E-state index contributed by atoms with van der Waals surface area (Å²) >= 11 is 7.58. The highest BCUT2D eigenvalue weighted by Crippen LogP contribution is 2.36. The summed E-state index contributed by atoms with van der Waals surface area (Å²) in [5.41, 5.74) is 7.15. The van der Waals surface area contributed by atoms with Crippen LogP contribution < -0.4 is 20.1 Å². The van der Waals surface area contributed by atoms with Crippen molar-refractivity contribution in [2.24, 2.45) is 5.73 Å². The maximum absolute atomic E-state index is 12.9. The minimum Gasteiger partial charge on any atom is -0.490 e. The molecule has 2 N–H and O–H groups in total. The highest BCUT2D eigenvalue weighted by atomic mass is 127. The summed E-state index contributed by atoms with van der Waals surface area (Å²) in [7, 11) is 1.65. The Labute approximate surface area is 193 Å². The maximum atomic E-state index is 12.9. The number of hydrogen-bond acceptors (Lipinski definition) is 5. The smallest absolute Gasteiger partial charge is 0.276 e. The highest BCUT2D eigenvalue weighted by Gasteiger charge is 2.36. The summed E-state index contributed by atoms with van der Waals surface area (Å²) in [4.78, 5) is 27.1. The molecule has 0 bridgehead atoms. The Balaban J connectivity index is 2.06. The minimum atomic E-state index is -0.578. The molecule has 156 valence electrons. The molecule has 1 aliphatic rings. The summed E-state index contributed by atoms with van der Waals surface area (Å²) < 4.78 is 11.9. The predicted molar refractivity (Wildman–Crippen MR) is 127 cm³/mol. The number of benzene rings is 2. The Morgan fingerprint density at radius 2 is 1.93 bits per heavy atom. The van der Waals surface area contributed by atoms with Gasteiger partial charge in [0.1, 0.15) is 5.70 Å². The van der Waals surface area contributed by atoms with E-state index < -0.39 is 5.91 Å². The van der Waals surface area contributed by atoms with Crippen molar-refractivity contribution in [3.8, 4) is 11.5 Å². The van der Waals surface area contributed by atoms with Crippen molar-refractivity contribution in [3.63, 3.8) is 0 Å². The SMILES string of the molecule is CCOc1cc(/C=C2\C(=O)N(C)C(=S)N2c2ccccc2)cc(I)c1OCC(N)=O. The van der Waals surface area contributed by atoms with Gasteiger partial charge in [-0.3, -0.25) is 19.4 Å². The van der Waals surface area contributed by atoms with Gasteiger partial charge in [-0.25, -0.2) is 0 Å². The molecule has 30 heavy (non-hydrogen) atoms. The number of hydrogen-bond donors (Lipinski definition) is 1. The van der Waals surface area contributed by atoms with Gasteiger partial charge >= 0.3 is 0 Å². The van der Waals surface area contributed by atoms with Gasteiger partial charge in [-0.15, -0.1) is 0 Å². The molecule has 2 aromatic carbocycles. The highest BCUT2D eigenvalue weighted by molar-refractivity contribution is 14.1. The van der Waals surface area contributed by atoms with Crippen molar-refractivity contribution >= 4 is 63.5 Å². The second-order valence-electron chi connectivity index (χ2n) is 6.37. The third kappa shape index (κ3) is 4.57. The number of ether oxygens (including phenoxy) is 2. The number of primary amides is 1. The van der Waals surface area contributed by atoms with Gasteiger partial charge in [-0.2, -0.15) is 0 Å². The van der Waals surface area contributed by atoms with Crippen LogP contribution in [0.1, 0.15) is 12.5 Å². The molecular weight excluding hydrogens is 517 g/mol. The molecule has 7 nitrogen and oxygen atoms in total. The number of amides is 2. The number of nitrogens with two attached hydrogens (primary N) is 1. The second-order valence-corrected chi connectivity index (χ2v) is 7.89. The Bertz CT molecular complexity index is 1030. The fourth-order valence-corrected chi connectivity index (χ4v) is 4.00. The van der Waals surface area contributed by atoms with Gasteiger partial charge in [0.25, 0.3) is 11.8 Å². The zero-order valence-electron chi connectivity index (χ0n) is 16.4. The summed E-state index contributed by atoms with van der Waals surface area (Å²) in [5.74, 6) is 0.116. The number of likely N-dealkylation sites (N-methyl/N-ethyl adjacent to an activating group) is 1. The number of nitrogens with zero attached hydrogens (tertiary/aromatic N) is 2. The molecule has 0 saturated carbocycles. The third-order valence-electron chi connectivity index (χ3n) is 4.25. The molecule has 2 amide bonds. The van der Waals surface area contributed by atoms with Crippen LogP contribution >= 0.6 is 34.8 Å². The lowest BCUT2D eigenvalue weighted by Gasteiger charge is -2.19. The van der Waals surface area contributed by atoms with Gasteiger partial charge in [0.05, 0.1) is 10.2 Å². The predicted octanol–water partition coefficient (Wildman–Crippen LogP) is 3.16. The van der Waals surface area contributed by atoms with Gasteiger partial charge in [0, 0.05) is 12.7 Å². The van der Waals surface area contributed by atoms with E-state index in [2.05, 4.69) is 22.6 Å². The molecule has 1 saturated heterocycles. The van der Waals surface area contributed by atoms with Crippen LogP contribution in [0.3, 0.4) is 0 Å². The van der Waals surface area contributed by atoms with Crippen LogP contribution in [0.2, 0.25) is 0 Å². The average molecular weight is 537 g/mol. The normalized spacial score (nSPS) is 15.1. The number of anilines is 1. The topological polar surface area (TPSA) is 85.1 Å². The van der Waals surface area contributed by atoms with E-state index in [0.29, 0.717) is 28.9 Å². The quantitative estimate of drug-likeness (QED) is 0.332. The van der Waals surface area contributed by atoms with Crippen LogP contribution in [0.4, 0.5) is 5.69 Å². The fraction of sp³-hybridized carbons (Fsp3) is 0.190. The molecule has 0 atom stereocenters. The standard InChI is InChI=1S/C21H20IN3O4S/c1-3-28-17-11-13(9-15(22)19(17)29-12-18(23)26)10-16-20(27)24(2)21(30)25(16)14-7-5-4-6-8-14/h4-11H,3,12H2,1-2H3,(H2,23,26)/b16-10+. The summed E-state index contributed by atoms with van der Waals surface area (Å²) in [5, 5.41) is 0.401. The van der Waals surface area contributed by atoms with Gasteiger partial charge in [-0.05, 0) is 77.6 Å². The van der Waals surface area contributed by atoms with E-state index in [-0.39, 0.29) is 12.5 Å². The Kier molecular flexibility index (Phi) is 6.93. The molecule has 1 heterocycles. The van der Waals surface area contributed by atoms with Crippen LogP contribution in [-0.4, -0.2) is 42.1 Å².